The minimum Gasteiger partial charge on any atom is -0.482 e. The average molecular weight is 281 g/mol. The molecule has 7 heteroatoms. The fourth-order valence-electron chi connectivity index (χ4n) is 1.41. The molecule has 0 atom stereocenters. The molecule has 0 aliphatic carbocycles. The van der Waals surface area contributed by atoms with Crippen LogP contribution in [0, 0.1) is 11.6 Å². The van der Waals surface area contributed by atoms with Gasteiger partial charge in [-0.25, -0.2) is 17.6 Å². The van der Waals surface area contributed by atoms with Crippen LogP contribution in [0.5, 0.6) is 5.75 Å². The summed E-state index contributed by atoms with van der Waals surface area (Å²) in [6, 6.07) is 2.09. The van der Waals surface area contributed by atoms with Gasteiger partial charge < -0.3 is 14.8 Å². The van der Waals surface area contributed by atoms with E-state index in [0.29, 0.717) is 18.7 Å². The van der Waals surface area contributed by atoms with Gasteiger partial charge in [-0.3, -0.25) is 0 Å². The molecule has 0 saturated carbocycles. The Labute approximate surface area is 108 Å². The van der Waals surface area contributed by atoms with Crippen molar-refractivity contribution in [2.75, 3.05) is 26.9 Å². The van der Waals surface area contributed by atoms with E-state index in [2.05, 4.69) is 10.1 Å². The Balaban J connectivity index is 2.62. The van der Waals surface area contributed by atoms with Crippen LogP contribution < -0.4 is 10.1 Å². The van der Waals surface area contributed by atoms with E-state index in [9.17, 15) is 17.6 Å². The Morgan fingerprint density at radius 1 is 1.21 bits per heavy atom. The summed E-state index contributed by atoms with van der Waals surface area (Å²) in [6.45, 7) is 0.204. The fourth-order valence-corrected chi connectivity index (χ4v) is 1.41. The highest BCUT2D eigenvalue weighted by Gasteiger charge is 2.14. The Morgan fingerprint density at radius 2 is 1.84 bits per heavy atom. The number of nitrogens with one attached hydrogen (secondary N) is 1. The Morgan fingerprint density at radius 3 is 2.37 bits per heavy atom. The van der Waals surface area contributed by atoms with E-state index >= 15 is 0 Å². The molecule has 0 heterocycles. The minimum absolute atomic E-state index is 0.242. The second kappa shape index (κ2) is 7.96. The molecule has 0 aliphatic heterocycles. The third kappa shape index (κ3) is 5.44. The van der Waals surface area contributed by atoms with Crippen LogP contribution in [0.15, 0.2) is 12.1 Å². The third-order valence-electron chi connectivity index (χ3n) is 2.22. The number of rotatable bonds is 8. The van der Waals surface area contributed by atoms with E-state index < -0.39 is 30.4 Å². The molecule has 0 aliphatic rings. The number of halogens is 4. The van der Waals surface area contributed by atoms with E-state index in [0.717, 1.165) is 12.1 Å². The lowest BCUT2D eigenvalue weighted by atomic mass is 10.2. The Hall–Kier alpha value is -1.34. The first-order valence-corrected chi connectivity index (χ1v) is 5.63. The Bertz CT molecular complexity index is 378. The van der Waals surface area contributed by atoms with Crippen LogP contribution in [-0.2, 0) is 11.3 Å². The molecule has 0 saturated heterocycles. The van der Waals surface area contributed by atoms with Crippen molar-refractivity contribution >= 4 is 0 Å². The standard InChI is InChI=1S/C12H15F4NO2/c1-18-3-2-17-6-8-4-9(13)12(10(14)5-8)19-7-11(15)16/h4-5,11,17H,2-3,6-7H2,1H3. The van der Waals surface area contributed by atoms with Crippen LogP contribution in [0.25, 0.3) is 0 Å². The maximum atomic E-state index is 13.5. The van der Waals surface area contributed by atoms with Gasteiger partial charge in [-0.2, -0.15) is 0 Å². The van der Waals surface area contributed by atoms with E-state index in [-0.39, 0.29) is 6.54 Å². The highest BCUT2D eigenvalue weighted by atomic mass is 19.3. The highest BCUT2D eigenvalue weighted by Crippen LogP contribution is 2.23. The molecule has 0 aromatic heterocycles. The average Bonchev–Trinajstić information content (AvgIpc) is 2.33. The second-order valence-electron chi connectivity index (χ2n) is 3.76. The zero-order valence-electron chi connectivity index (χ0n) is 10.4. The molecule has 1 aromatic carbocycles. The predicted molar refractivity (Wildman–Crippen MR) is 61.4 cm³/mol. The molecular formula is C12H15F4NO2. The first-order chi connectivity index (χ1) is 9.04. The number of hydrogen-bond acceptors (Lipinski definition) is 3. The van der Waals surface area contributed by atoms with Gasteiger partial charge in [0.2, 0.25) is 0 Å². The lowest BCUT2D eigenvalue weighted by Crippen LogP contribution is -2.19. The van der Waals surface area contributed by atoms with E-state index in [1.54, 1.807) is 0 Å². The number of hydrogen-bond donors (Lipinski definition) is 1. The van der Waals surface area contributed by atoms with Crippen molar-refractivity contribution in [1.82, 2.24) is 5.32 Å². The summed E-state index contributed by atoms with van der Waals surface area (Å²) in [6.07, 6.45) is -2.78. The van der Waals surface area contributed by atoms with Gasteiger partial charge in [0, 0.05) is 20.2 Å². The summed E-state index contributed by atoms with van der Waals surface area (Å²) in [4.78, 5) is 0. The van der Waals surface area contributed by atoms with Gasteiger partial charge in [-0.1, -0.05) is 0 Å². The third-order valence-corrected chi connectivity index (χ3v) is 2.22. The van der Waals surface area contributed by atoms with Crippen molar-refractivity contribution in [3.05, 3.63) is 29.3 Å². The molecule has 3 nitrogen and oxygen atoms in total. The molecule has 108 valence electrons. The number of ether oxygens (including phenoxy) is 2. The molecule has 1 aromatic rings. The van der Waals surface area contributed by atoms with Crippen molar-refractivity contribution < 1.29 is 27.0 Å². The van der Waals surface area contributed by atoms with Crippen molar-refractivity contribution in [3.63, 3.8) is 0 Å². The molecule has 0 radical (unpaired) electrons. The number of benzene rings is 1. The maximum absolute atomic E-state index is 13.5. The van der Waals surface area contributed by atoms with E-state index in [4.69, 9.17) is 4.74 Å². The topological polar surface area (TPSA) is 30.5 Å². The maximum Gasteiger partial charge on any atom is 0.272 e. The summed E-state index contributed by atoms with van der Waals surface area (Å²) >= 11 is 0. The second-order valence-corrected chi connectivity index (χ2v) is 3.76. The number of methoxy groups -OCH3 is 1. The summed E-state index contributed by atoms with van der Waals surface area (Å²) in [5.41, 5.74) is 0.357. The first kappa shape index (κ1) is 15.7. The smallest absolute Gasteiger partial charge is 0.272 e. The number of alkyl halides is 2. The summed E-state index contributed by atoms with van der Waals surface area (Å²) < 4.78 is 60.0. The molecule has 0 spiro atoms. The predicted octanol–water partition coefficient (Wildman–Crippen LogP) is 2.34. The van der Waals surface area contributed by atoms with Crippen molar-refractivity contribution in [3.8, 4) is 5.75 Å². The van der Waals surface area contributed by atoms with Crippen molar-refractivity contribution in [2.24, 2.45) is 0 Å². The van der Waals surface area contributed by atoms with Gasteiger partial charge in [0.15, 0.2) is 17.4 Å². The molecule has 1 rings (SSSR count). The SMILES string of the molecule is COCCNCc1cc(F)c(OCC(F)F)c(F)c1. The van der Waals surface area contributed by atoms with Gasteiger partial charge in [-0.05, 0) is 17.7 Å². The van der Waals surface area contributed by atoms with Crippen LogP contribution in [-0.4, -0.2) is 33.3 Å². The van der Waals surface area contributed by atoms with Crippen LogP contribution in [0.3, 0.4) is 0 Å². The van der Waals surface area contributed by atoms with Gasteiger partial charge in [-0.15, -0.1) is 0 Å². The summed E-state index contributed by atoms with van der Waals surface area (Å²) in [5, 5.41) is 2.91. The minimum atomic E-state index is -2.78. The van der Waals surface area contributed by atoms with Gasteiger partial charge >= 0.3 is 0 Å². The van der Waals surface area contributed by atoms with Crippen LogP contribution in [0.1, 0.15) is 5.56 Å². The quantitative estimate of drug-likeness (QED) is 0.586. The molecule has 1 N–H and O–H groups in total. The molecule has 0 fully saturated rings. The molecular weight excluding hydrogens is 266 g/mol. The van der Waals surface area contributed by atoms with E-state index in [1.165, 1.54) is 7.11 Å². The Kier molecular flexibility index (Phi) is 6.58. The lowest BCUT2D eigenvalue weighted by Gasteiger charge is -2.10. The molecule has 0 unspecified atom stereocenters. The highest BCUT2D eigenvalue weighted by molar-refractivity contribution is 5.31. The normalized spacial score (nSPS) is 11.1. The van der Waals surface area contributed by atoms with Gasteiger partial charge in [0.1, 0.15) is 6.61 Å². The zero-order valence-corrected chi connectivity index (χ0v) is 10.4. The summed E-state index contributed by atoms with van der Waals surface area (Å²) in [7, 11) is 1.54. The van der Waals surface area contributed by atoms with Gasteiger partial charge in [0.25, 0.3) is 6.43 Å². The summed E-state index contributed by atoms with van der Waals surface area (Å²) in [5.74, 6) is -2.77. The van der Waals surface area contributed by atoms with Crippen molar-refractivity contribution in [2.45, 2.75) is 13.0 Å². The van der Waals surface area contributed by atoms with E-state index in [1.807, 2.05) is 0 Å². The van der Waals surface area contributed by atoms with Crippen LogP contribution >= 0.6 is 0 Å². The lowest BCUT2D eigenvalue weighted by molar-refractivity contribution is 0.0777. The van der Waals surface area contributed by atoms with Crippen LogP contribution in [0.2, 0.25) is 0 Å². The monoisotopic (exact) mass is 281 g/mol. The zero-order chi connectivity index (χ0) is 14.3. The van der Waals surface area contributed by atoms with Crippen LogP contribution in [0.4, 0.5) is 17.6 Å². The molecule has 0 bridgehead atoms. The molecule has 0 amide bonds. The fraction of sp³-hybridized carbons (Fsp3) is 0.500. The largest absolute Gasteiger partial charge is 0.482 e. The first-order valence-electron chi connectivity index (χ1n) is 5.63. The molecule has 19 heavy (non-hydrogen) atoms. The van der Waals surface area contributed by atoms with Gasteiger partial charge in [0.05, 0.1) is 6.61 Å². The van der Waals surface area contributed by atoms with Crippen molar-refractivity contribution in [1.29, 1.82) is 0 Å².